The van der Waals surface area contributed by atoms with Crippen LogP contribution in [0.4, 0.5) is 13.2 Å². The fourth-order valence-electron chi connectivity index (χ4n) is 4.95. The molecule has 1 atom stereocenters. The van der Waals surface area contributed by atoms with Gasteiger partial charge in [0.05, 0.1) is 28.6 Å². The molecule has 220 valence electrons. The van der Waals surface area contributed by atoms with E-state index in [-0.39, 0.29) is 28.9 Å². The molecule has 0 aliphatic carbocycles. The second kappa shape index (κ2) is 11.7. The lowest BCUT2D eigenvalue weighted by Crippen LogP contribution is -2.32. The number of aromatic amines is 1. The van der Waals surface area contributed by atoms with Gasteiger partial charge in [-0.2, -0.15) is 0 Å². The van der Waals surface area contributed by atoms with Crippen LogP contribution in [-0.2, 0) is 27.5 Å². The molecule has 5 rings (SSSR count). The lowest BCUT2D eigenvalue weighted by atomic mass is 9.94. The van der Waals surface area contributed by atoms with E-state index in [0.717, 1.165) is 30.5 Å². The highest BCUT2D eigenvalue weighted by atomic mass is 32.2. The molecule has 8 nitrogen and oxygen atoms in total. The Balaban J connectivity index is 1.53. The number of pyridine rings is 1. The molecule has 0 saturated heterocycles. The first-order valence-electron chi connectivity index (χ1n) is 13.0. The molecule has 0 radical (unpaired) electrons. The second-order valence-electron chi connectivity index (χ2n) is 10.1. The first-order valence-corrected chi connectivity index (χ1v) is 14.9. The molecule has 0 aliphatic rings. The van der Waals surface area contributed by atoms with E-state index in [1.54, 1.807) is 24.4 Å². The van der Waals surface area contributed by atoms with E-state index in [0.29, 0.717) is 33.3 Å². The molecule has 2 aromatic heterocycles. The zero-order valence-electron chi connectivity index (χ0n) is 22.7. The Hall–Kier alpha value is -4.97. The van der Waals surface area contributed by atoms with E-state index in [1.807, 2.05) is 0 Å². The van der Waals surface area contributed by atoms with Gasteiger partial charge in [0.2, 0.25) is 5.91 Å². The molecule has 1 unspecified atom stereocenters. The molecule has 0 saturated carbocycles. The fourth-order valence-corrected chi connectivity index (χ4v) is 5.60. The van der Waals surface area contributed by atoms with Crippen LogP contribution in [0.3, 0.4) is 0 Å². The smallest absolute Gasteiger partial charge is 0.251 e. The predicted octanol–water partition coefficient (Wildman–Crippen LogP) is 4.79. The minimum Gasteiger partial charge on any atom is -0.366 e. The van der Waals surface area contributed by atoms with Crippen molar-refractivity contribution in [1.29, 1.82) is 0 Å². The predicted molar refractivity (Wildman–Crippen MR) is 154 cm³/mol. The molecule has 0 bridgehead atoms. The average molecular weight is 607 g/mol. The second-order valence-corrected chi connectivity index (χ2v) is 12.1. The molecule has 0 aliphatic heterocycles. The van der Waals surface area contributed by atoms with E-state index in [9.17, 15) is 31.2 Å². The first kappa shape index (κ1) is 29.5. The topological polar surface area (TPSA) is 135 Å². The number of halogens is 3. The van der Waals surface area contributed by atoms with Crippen LogP contribution in [0, 0.1) is 17.5 Å². The average Bonchev–Trinajstić information content (AvgIpc) is 3.33. The third-order valence-corrected chi connectivity index (χ3v) is 8.04. The molecule has 5 aromatic rings. The number of hydrogen-bond acceptors (Lipinski definition) is 5. The van der Waals surface area contributed by atoms with Crippen LogP contribution in [0.15, 0.2) is 84.0 Å². The van der Waals surface area contributed by atoms with Gasteiger partial charge in [-0.05, 0) is 71.6 Å². The van der Waals surface area contributed by atoms with Crippen LogP contribution < -0.4 is 11.1 Å². The van der Waals surface area contributed by atoms with E-state index < -0.39 is 45.1 Å². The molecule has 4 N–H and O–H groups in total. The largest absolute Gasteiger partial charge is 0.366 e. The third kappa shape index (κ3) is 6.59. The number of rotatable bonds is 9. The molecule has 2 amide bonds. The normalized spacial score (nSPS) is 12.3. The van der Waals surface area contributed by atoms with Crippen LogP contribution in [-0.4, -0.2) is 36.5 Å². The lowest BCUT2D eigenvalue weighted by Gasteiger charge is -2.22. The number of H-pyrrole nitrogens is 1. The Morgan fingerprint density at radius 1 is 1.00 bits per heavy atom. The number of fused-ring (bicyclic) bond motifs is 1. The number of carbonyl (C=O) groups excluding carboxylic acids is 2. The van der Waals surface area contributed by atoms with Crippen LogP contribution in [0.25, 0.3) is 22.0 Å². The van der Waals surface area contributed by atoms with Gasteiger partial charge >= 0.3 is 0 Å². The maximum absolute atomic E-state index is 14.2. The number of nitrogens with one attached hydrogen (secondary N) is 2. The number of sulfone groups is 1. The molecule has 2 heterocycles. The number of carbonyl (C=O) groups is 2. The number of nitrogens with zero attached hydrogens (tertiary/aromatic N) is 1. The maximum Gasteiger partial charge on any atom is 0.251 e. The Kier molecular flexibility index (Phi) is 8.05. The van der Waals surface area contributed by atoms with Crippen molar-refractivity contribution in [3.8, 4) is 11.1 Å². The summed E-state index contributed by atoms with van der Waals surface area (Å²) >= 11 is 0. The van der Waals surface area contributed by atoms with Gasteiger partial charge < -0.3 is 16.0 Å². The third-order valence-electron chi connectivity index (χ3n) is 6.93. The summed E-state index contributed by atoms with van der Waals surface area (Å²) in [6, 6.07) is 13.7. The van der Waals surface area contributed by atoms with Gasteiger partial charge in [-0.1, -0.05) is 12.1 Å². The van der Waals surface area contributed by atoms with Gasteiger partial charge in [-0.25, -0.2) is 21.6 Å². The number of aromatic nitrogens is 2. The van der Waals surface area contributed by atoms with Gasteiger partial charge in [0, 0.05) is 41.2 Å². The molecule has 0 spiro atoms. The highest BCUT2D eigenvalue weighted by Crippen LogP contribution is 2.31. The van der Waals surface area contributed by atoms with Crippen molar-refractivity contribution in [3.05, 3.63) is 119 Å². The van der Waals surface area contributed by atoms with E-state index >= 15 is 0 Å². The Bertz CT molecular complexity index is 1970. The molecule has 0 fully saturated rings. The van der Waals surface area contributed by atoms with Gasteiger partial charge in [0.25, 0.3) is 5.91 Å². The highest BCUT2D eigenvalue weighted by Gasteiger charge is 2.23. The fraction of sp³-hybridized carbons (Fsp3) is 0.129. The quantitative estimate of drug-likeness (QED) is 0.222. The summed E-state index contributed by atoms with van der Waals surface area (Å²) in [5.74, 6) is -3.86. The zero-order valence-corrected chi connectivity index (χ0v) is 23.5. The summed E-state index contributed by atoms with van der Waals surface area (Å²) in [6.07, 6.45) is 3.93. The summed E-state index contributed by atoms with van der Waals surface area (Å²) in [4.78, 5) is 32.8. The van der Waals surface area contributed by atoms with Gasteiger partial charge in [-0.15, -0.1) is 0 Å². The van der Waals surface area contributed by atoms with Crippen LogP contribution in [0.5, 0.6) is 0 Å². The van der Waals surface area contributed by atoms with Crippen molar-refractivity contribution in [1.82, 2.24) is 15.3 Å². The first-order chi connectivity index (χ1) is 20.4. The van der Waals surface area contributed by atoms with Crippen LogP contribution >= 0.6 is 0 Å². The lowest BCUT2D eigenvalue weighted by molar-refractivity contribution is -0.121. The number of benzene rings is 3. The number of amides is 2. The SMILES string of the molecule is CS(=O)(=O)c1ccc2[nH]cc(CC(=O)NC(Cc3cc(F)cc(F)c3)c3ncccc3-c3ccc(F)c(C(N)=O)c3)c2c1. The summed E-state index contributed by atoms with van der Waals surface area (Å²) in [6.45, 7) is 0. The highest BCUT2D eigenvalue weighted by molar-refractivity contribution is 7.90. The van der Waals surface area contributed by atoms with Crippen molar-refractivity contribution in [2.24, 2.45) is 5.73 Å². The molecular weight excluding hydrogens is 581 g/mol. The van der Waals surface area contributed by atoms with Crippen molar-refractivity contribution in [3.63, 3.8) is 0 Å². The Morgan fingerprint density at radius 3 is 2.44 bits per heavy atom. The molecule has 3 aromatic carbocycles. The molecule has 12 heteroatoms. The number of hydrogen-bond donors (Lipinski definition) is 3. The summed E-state index contributed by atoms with van der Waals surface area (Å²) < 4.78 is 66.6. The molecular formula is C31H25F3N4O4S. The van der Waals surface area contributed by atoms with Crippen molar-refractivity contribution in [2.75, 3.05) is 6.26 Å². The summed E-state index contributed by atoms with van der Waals surface area (Å²) in [7, 11) is -3.49. The monoisotopic (exact) mass is 606 g/mol. The van der Waals surface area contributed by atoms with Gasteiger partial charge in [0.1, 0.15) is 17.5 Å². The minimum absolute atomic E-state index is 0.0690. The Morgan fingerprint density at radius 2 is 1.74 bits per heavy atom. The van der Waals surface area contributed by atoms with Crippen molar-refractivity contribution < 1.29 is 31.2 Å². The van der Waals surface area contributed by atoms with Crippen LogP contribution in [0.2, 0.25) is 0 Å². The van der Waals surface area contributed by atoms with Crippen LogP contribution in [0.1, 0.15) is 33.2 Å². The Labute approximate surface area is 244 Å². The summed E-state index contributed by atoms with van der Waals surface area (Å²) in [5.41, 5.74) is 7.50. The number of primary amides is 1. The van der Waals surface area contributed by atoms with Crippen molar-refractivity contribution in [2.45, 2.75) is 23.8 Å². The maximum atomic E-state index is 14.2. The van der Waals surface area contributed by atoms with E-state index in [1.165, 1.54) is 30.5 Å². The van der Waals surface area contributed by atoms with Crippen molar-refractivity contribution >= 4 is 32.6 Å². The molecule has 43 heavy (non-hydrogen) atoms. The summed E-state index contributed by atoms with van der Waals surface area (Å²) in [5, 5.41) is 3.43. The van der Waals surface area contributed by atoms with Gasteiger partial charge in [0.15, 0.2) is 9.84 Å². The van der Waals surface area contributed by atoms with Gasteiger partial charge in [-0.3, -0.25) is 14.6 Å². The van der Waals surface area contributed by atoms with E-state index in [2.05, 4.69) is 15.3 Å². The minimum atomic E-state index is -3.49. The number of nitrogens with two attached hydrogens (primary N) is 1. The van der Waals surface area contributed by atoms with E-state index in [4.69, 9.17) is 5.73 Å². The zero-order chi connectivity index (χ0) is 30.9. The standard InChI is InChI=1S/C31H25F3N4O4S/c1-43(41,42)22-5-7-27-24(15-22)19(16-37-27)13-29(39)38-28(11-17-9-20(32)14-21(33)10-17)30-23(3-2-8-36-30)18-4-6-26(34)25(12-18)31(35)40/h2-10,12,14-16,28,37H,11,13H2,1H3,(H2,35,40)(H,38,39).